The van der Waals surface area contributed by atoms with Crippen LogP contribution in [0.4, 0.5) is 0 Å². The minimum absolute atomic E-state index is 0.0689. The Morgan fingerprint density at radius 2 is 1.82 bits per heavy atom. The highest BCUT2D eigenvalue weighted by Crippen LogP contribution is 2.16. The molecule has 28 heavy (non-hydrogen) atoms. The number of aryl methyl sites for hydroxylation is 1. The van der Waals surface area contributed by atoms with Gasteiger partial charge in [0.1, 0.15) is 11.8 Å². The summed E-state index contributed by atoms with van der Waals surface area (Å²) in [6.45, 7) is 6.76. The van der Waals surface area contributed by atoms with Crippen LogP contribution in [0, 0.1) is 6.92 Å². The predicted octanol–water partition coefficient (Wildman–Crippen LogP) is 3.49. The lowest BCUT2D eigenvalue weighted by Gasteiger charge is -2.29. The summed E-state index contributed by atoms with van der Waals surface area (Å²) in [5, 5.41) is 2.89. The number of hydrogen-bond acceptors (Lipinski definition) is 3. The SMILES string of the molecule is CCCNC(=O)[C@@H](C)N(Cc1ccc(OC)cc1)C(=O)Cc1cccc(C)c1. The maximum atomic E-state index is 13.1. The van der Waals surface area contributed by atoms with Crippen LogP contribution in [0.5, 0.6) is 5.75 Å². The van der Waals surface area contributed by atoms with Crippen LogP contribution in [0.3, 0.4) is 0 Å². The van der Waals surface area contributed by atoms with Crippen LogP contribution in [0.1, 0.15) is 37.0 Å². The van der Waals surface area contributed by atoms with E-state index in [0.29, 0.717) is 13.1 Å². The second-order valence-electron chi connectivity index (χ2n) is 7.00. The van der Waals surface area contributed by atoms with E-state index in [0.717, 1.165) is 28.9 Å². The molecule has 0 aromatic heterocycles. The van der Waals surface area contributed by atoms with Gasteiger partial charge in [0.05, 0.1) is 13.5 Å². The molecule has 0 saturated heterocycles. The lowest BCUT2D eigenvalue weighted by atomic mass is 10.1. The van der Waals surface area contributed by atoms with Crippen molar-refractivity contribution in [3.05, 3.63) is 65.2 Å². The molecule has 0 aliphatic carbocycles. The van der Waals surface area contributed by atoms with Gasteiger partial charge in [-0.2, -0.15) is 0 Å². The monoisotopic (exact) mass is 382 g/mol. The Labute approximate surface area is 167 Å². The fourth-order valence-corrected chi connectivity index (χ4v) is 3.00. The first-order valence-corrected chi connectivity index (χ1v) is 9.70. The van der Waals surface area contributed by atoms with Gasteiger partial charge in [0, 0.05) is 13.1 Å². The van der Waals surface area contributed by atoms with Gasteiger partial charge in [-0.3, -0.25) is 9.59 Å². The standard InChI is InChI=1S/C23H30N2O3/c1-5-13-24-23(27)18(3)25(16-19-9-11-21(28-4)12-10-19)22(26)15-20-8-6-7-17(2)14-20/h6-12,14,18H,5,13,15-16H2,1-4H3,(H,24,27)/t18-/m1/s1. The molecule has 2 aromatic carbocycles. The fourth-order valence-electron chi connectivity index (χ4n) is 3.00. The Kier molecular flexibility index (Phi) is 8.05. The Bertz CT molecular complexity index is 787. The zero-order valence-corrected chi connectivity index (χ0v) is 17.2. The number of benzene rings is 2. The van der Waals surface area contributed by atoms with Gasteiger partial charge in [-0.05, 0) is 43.5 Å². The Balaban J connectivity index is 2.20. The van der Waals surface area contributed by atoms with E-state index in [1.807, 2.05) is 62.4 Å². The molecule has 0 heterocycles. The Morgan fingerprint density at radius 3 is 2.43 bits per heavy atom. The second-order valence-corrected chi connectivity index (χ2v) is 7.00. The van der Waals surface area contributed by atoms with E-state index in [9.17, 15) is 9.59 Å². The van der Waals surface area contributed by atoms with Crippen LogP contribution >= 0.6 is 0 Å². The van der Waals surface area contributed by atoms with E-state index in [-0.39, 0.29) is 18.2 Å². The zero-order valence-electron chi connectivity index (χ0n) is 17.2. The number of carbonyl (C=O) groups is 2. The molecule has 1 atom stereocenters. The maximum Gasteiger partial charge on any atom is 0.242 e. The van der Waals surface area contributed by atoms with E-state index >= 15 is 0 Å². The second kappa shape index (κ2) is 10.5. The summed E-state index contributed by atoms with van der Waals surface area (Å²) >= 11 is 0. The molecule has 2 amide bonds. The molecule has 0 aliphatic rings. The minimum atomic E-state index is -0.550. The van der Waals surface area contributed by atoms with Gasteiger partial charge in [-0.15, -0.1) is 0 Å². The molecule has 0 radical (unpaired) electrons. The van der Waals surface area contributed by atoms with Crippen LogP contribution < -0.4 is 10.1 Å². The molecule has 150 valence electrons. The summed E-state index contributed by atoms with van der Waals surface area (Å²) in [6.07, 6.45) is 1.12. The third-order valence-electron chi connectivity index (χ3n) is 4.67. The van der Waals surface area contributed by atoms with Gasteiger partial charge in [0.15, 0.2) is 0 Å². The first kappa shape index (κ1) is 21.5. The van der Waals surface area contributed by atoms with Gasteiger partial charge in [-0.1, -0.05) is 48.9 Å². The third kappa shape index (κ3) is 6.12. The van der Waals surface area contributed by atoms with E-state index in [2.05, 4.69) is 5.32 Å². The summed E-state index contributed by atoms with van der Waals surface area (Å²) in [5.74, 6) is 0.559. The van der Waals surface area contributed by atoms with Crippen LogP contribution in [-0.4, -0.2) is 36.4 Å². The topological polar surface area (TPSA) is 58.6 Å². The molecule has 1 N–H and O–H groups in total. The summed E-state index contributed by atoms with van der Waals surface area (Å²) in [5.41, 5.74) is 3.01. The van der Waals surface area contributed by atoms with Crippen LogP contribution in [-0.2, 0) is 22.6 Å². The van der Waals surface area contributed by atoms with Crippen molar-refractivity contribution in [3.63, 3.8) is 0 Å². The average molecular weight is 383 g/mol. The first-order valence-electron chi connectivity index (χ1n) is 9.70. The number of ether oxygens (including phenoxy) is 1. The number of nitrogens with one attached hydrogen (secondary N) is 1. The highest BCUT2D eigenvalue weighted by atomic mass is 16.5. The summed E-state index contributed by atoms with van der Waals surface area (Å²) in [7, 11) is 1.62. The molecule has 0 unspecified atom stereocenters. The molecule has 0 fully saturated rings. The molecule has 0 saturated carbocycles. The van der Waals surface area contributed by atoms with Crippen molar-refractivity contribution in [1.29, 1.82) is 0 Å². The van der Waals surface area contributed by atoms with Gasteiger partial charge in [0.25, 0.3) is 0 Å². The molecule has 2 rings (SSSR count). The average Bonchev–Trinajstić information content (AvgIpc) is 2.70. The molecule has 5 heteroatoms. The van der Waals surface area contributed by atoms with Crippen LogP contribution in [0.25, 0.3) is 0 Å². The van der Waals surface area contributed by atoms with Crippen LogP contribution in [0.15, 0.2) is 48.5 Å². The molecule has 5 nitrogen and oxygen atoms in total. The van der Waals surface area contributed by atoms with Gasteiger partial charge in [0.2, 0.25) is 11.8 Å². The number of methoxy groups -OCH3 is 1. The highest BCUT2D eigenvalue weighted by molar-refractivity contribution is 5.88. The molecular weight excluding hydrogens is 352 g/mol. The van der Waals surface area contributed by atoms with E-state index < -0.39 is 6.04 Å². The lowest BCUT2D eigenvalue weighted by Crippen LogP contribution is -2.48. The Hall–Kier alpha value is -2.82. The van der Waals surface area contributed by atoms with E-state index in [1.165, 1.54) is 0 Å². The lowest BCUT2D eigenvalue weighted by molar-refractivity contribution is -0.140. The quantitative estimate of drug-likeness (QED) is 0.722. The number of carbonyl (C=O) groups excluding carboxylic acids is 2. The summed E-state index contributed by atoms with van der Waals surface area (Å²) < 4.78 is 5.20. The van der Waals surface area contributed by atoms with Crippen molar-refractivity contribution in [1.82, 2.24) is 10.2 Å². The smallest absolute Gasteiger partial charge is 0.242 e. The van der Waals surface area contributed by atoms with E-state index in [1.54, 1.807) is 18.9 Å². The van der Waals surface area contributed by atoms with Crippen molar-refractivity contribution in [2.45, 2.75) is 46.2 Å². The number of amides is 2. The van der Waals surface area contributed by atoms with Crippen molar-refractivity contribution >= 4 is 11.8 Å². The van der Waals surface area contributed by atoms with Gasteiger partial charge < -0.3 is 15.0 Å². The fraction of sp³-hybridized carbons (Fsp3) is 0.391. The highest BCUT2D eigenvalue weighted by Gasteiger charge is 2.26. The van der Waals surface area contributed by atoms with Crippen molar-refractivity contribution in [2.75, 3.05) is 13.7 Å². The molecule has 2 aromatic rings. The minimum Gasteiger partial charge on any atom is -0.497 e. The first-order chi connectivity index (χ1) is 13.4. The van der Waals surface area contributed by atoms with Crippen molar-refractivity contribution in [2.24, 2.45) is 0 Å². The van der Waals surface area contributed by atoms with Crippen molar-refractivity contribution in [3.8, 4) is 5.75 Å². The predicted molar refractivity (Wildman–Crippen MR) is 111 cm³/mol. The maximum absolute atomic E-state index is 13.1. The van der Waals surface area contributed by atoms with Gasteiger partial charge >= 0.3 is 0 Å². The summed E-state index contributed by atoms with van der Waals surface area (Å²) in [4.78, 5) is 27.3. The number of nitrogens with zero attached hydrogens (tertiary/aromatic N) is 1. The number of rotatable bonds is 9. The molecular formula is C23H30N2O3. The molecule has 0 aliphatic heterocycles. The normalized spacial score (nSPS) is 11.6. The Morgan fingerprint density at radius 1 is 1.11 bits per heavy atom. The number of hydrogen-bond donors (Lipinski definition) is 1. The van der Waals surface area contributed by atoms with Gasteiger partial charge in [-0.25, -0.2) is 0 Å². The van der Waals surface area contributed by atoms with E-state index in [4.69, 9.17) is 4.74 Å². The largest absolute Gasteiger partial charge is 0.497 e. The van der Waals surface area contributed by atoms with Crippen LogP contribution in [0.2, 0.25) is 0 Å². The third-order valence-corrected chi connectivity index (χ3v) is 4.67. The zero-order chi connectivity index (χ0) is 20.5. The molecule has 0 spiro atoms. The summed E-state index contributed by atoms with van der Waals surface area (Å²) in [6, 6.07) is 14.9. The van der Waals surface area contributed by atoms with Crippen molar-refractivity contribution < 1.29 is 14.3 Å². The molecule has 0 bridgehead atoms.